The van der Waals surface area contributed by atoms with Gasteiger partial charge in [0.1, 0.15) is 0 Å². The molecule has 182 valence electrons. The van der Waals surface area contributed by atoms with Crippen molar-refractivity contribution in [1.82, 2.24) is 0 Å². The van der Waals surface area contributed by atoms with Crippen LogP contribution in [0.4, 0.5) is 0 Å². The Morgan fingerprint density at radius 3 is 2.18 bits per heavy atom. The summed E-state index contributed by atoms with van der Waals surface area (Å²) in [5.74, 6) is -2.00. The summed E-state index contributed by atoms with van der Waals surface area (Å²) in [6, 6.07) is 0. The molecule has 0 heterocycles. The molecular weight excluding hydrogens is 416 g/mol. The van der Waals surface area contributed by atoms with Crippen molar-refractivity contribution in [1.29, 1.82) is 0 Å². The van der Waals surface area contributed by atoms with Crippen molar-refractivity contribution < 1.29 is 24.5 Å². The lowest BCUT2D eigenvalue weighted by Crippen LogP contribution is -2.10. The highest BCUT2D eigenvalue weighted by atomic mass is 16.5. The van der Waals surface area contributed by atoms with Crippen molar-refractivity contribution in [2.45, 2.75) is 65.9 Å². The third kappa shape index (κ3) is 18.4. The van der Waals surface area contributed by atoms with Crippen LogP contribution in [-0.2, 0) is 14.3 Å². The first-order valence-electron chi connectivity index (χ1n) is 11.3. The maximum atomic E-state index is 10.8. The van der Waals surface area contributed by atoms with Crippen LogP contribution in [0, 0.1) is 5.92 Å². The van der Waals surface area contributed by atoms with E-state index in [1.807, 2.05) is 13.0 Å². The van der Waals surface area contributed by atoms with Crippen molar-refractivity contribution >= 4 is 11.9 Å². The predicted molar refractivity (Wildman–Crippen MR) is 136 cm³/mol. The van der Waals surface area contributed by atoms with Gasteiger partial charge >= 0.3 is 11.9 Å². The second-order valence-corrected chi connectivity index (χ2v) is 8.22. The lowest BCUT2D eigenvalue weighted by atomic mass is 10.0. The second-order valence-electron chi connectivity index (χ2n) is 8.22. The van der Waals surface area contributed by atoms with Crippen LogP contribution in [0.3, 0.4) is 0 Å². The zero-order valence-electron chi connectivity index (χ0n) is 20.7. The molecule has 0 aromatic heterocycles. The molecular formula is C28H40O5. The van der Waals surface area contributed by atoms with Crippen LogP contribution in [0.1, 0.15) is 59.8 Å². The van der Waals surface area contributed by atoms with Gasteiger partial charge in [0, 0.05) is 13.2 Å². The van der Waals surface area contributed by atoms with Gasteiger partial charge in [0.2, 0.25) is 0 Å². The molecule has 0 aliphatic carbocycles. The molecule has 0 saturated heterocycles. The normalized spacial score (nSPS) is 15.1. The minimum Gasteiger partial charge on any atom is -0.481 e. The van der Waals surface area contributed by atoms with E-state index in [1.54, 1.807) is 13.2 Å². The molecule has 2 N–H and O–H groups in total. The highest BCUT2D eigenvalue weighted by Gasteiger charge is 2.06. The van der Waals surface area contributed by atoms with Gasteiger partial charge in [0.15, 0.2) is 0 Å². The van der Waals surface area contributed by atoms with Crippen LogP contribution in [0.15, 0.2) is 83.6 Å². The average molecular weight is 457 g/mol. The number of aliphatic carboxylic acids is 2. The summed E-state index contributed by atoms with van der Waals surface area (Å²) < 4.78 is 5.56. The van der Waals surface area contributed by atoms with Gasteiger partial charge in [-0.15, -0.1) is 0 Å². The van der Waals surface area contributed by atoms with E-state index in [1.165, 1.54) is 11.1 Å². The van der Waals surface area contributed by atoms with Crippen molar-refractivity contribution in [3.05, 3.63) is 83.6 Å². The maximum Gasteiger partial charge on any atom is 0.328 e. The fourth-order valence-corrected chi connectivity index (χ4v) is 2.81. The molecule has 2 unspecified atom stereocenters. The van der Waals surface area contributed by atoms with Crippen LogP contribution in [-0.4, -0.2) is 35.4 Å². The smallest absolute Gasteiger partial charge is 0.328 e. The van der Waals surface area contributed by atoms with Crippen LogP contribution >= 0.6 is 0 Å². The molecule has 0 fully saturated rings. The molecule has 0 aliphatic rings. The Labute approximate surface area is 199 Å². The Morgan fingerprint density at radius 2 is 1.58 bits per heavy atom. The van der Waals surface area contributed by atoms with Gasteiger partial charge in [0.25, 0.3) is 0 Å². The summed E-state index contributed by atoms with van der Waals surface area (Å²) in [5.41, 5.74) is 2.75. The van der Waals surface area contributed by atoms with Gasteiger partial charge in [-0.3, -0.25) is 4.79 Å². The molecule has 0 aromatic rings. The van der Waals surface area contributed by atoms with E-state index in [0.29, 0.717) is 0 Å². The molecule has 0 aromatic carbocycles. The van der Waals surface area contributed by atoms with Crippen molar-refractivity contribution in [2.75, 3.05) is 7.11 Å². The summed E-state index contributed by atoms with van der Waals surface area (Å²) in [6.45, 7) is 8.24. The monoisotopic (exact) mass is 456 g/mol. The van der Waals surface area contributed by atoms with Gasteiger partial charge in [-0.25, -0.2) is 4.79 Å². The van der Waals surface area contributed by atoms with Crippen molar-refractivity contribution in [3.8, 4) is 0 Å². The van der Waals surface area contributed by atoms with Crippen LogP contribution in [0.2, 0.25) is 0 Å². The van der Waals surface area contributed by atoms with E-state index in [0.717, 1.165) is 31.8 Å². The first-order valence-corrected chi connectivity index (χ1v) is 11.3. The first-order chi connectivity index (χ1) is 15.6. The predicted octanol–water partition coefficient (Wildman–Crippen LogP) is 6.82. The number of methoxy groups -OCH3 is 1. The molecule has 0 amide bonds. The molecule has 2 atom stereocenters. The van der Waals surface area contributed by atoms with Crippen molar-refractivity contribution in [3.63, 3.8) is 0 Å². The molecule has 5 heteroatoms. The Hall–Kier alpha value is -2.92. The Kier molecular flexibility index (Phi) is 17.0. The summed E-state index contributed by atoms with van der Waals surface area (Å²) in [7, 11) is 1.74. The van der Waals surface area contributed by atoms with E-state index in [-0.39, 0.29) is 24.0 Å². The van der Waals surface area contributed by atoms with Gasteiger partial charge in [0.05, 0.1) is 12.5 Å². The summed E-state index contributed by atoms with van der Waals surface area (Å²) >= 11 is 0. The van der Waals surface area contributed by atoms with E-state index >= 15 is 0 Å². The fraction of sp³-hybridized carbons (Fsp3) is 0.429. The number of ether oxygens (including phenoxy) is 1. The zero-order chi connectivity index (χ0) is 25.1. The van der Waals surface area contributed by atoms with Crippen molar-refractivity contribution in [2.24, 2.45) is 5.92 Å². The van der Waals surface area contributed by atoms with E-state index in [9.17, 15) is 9.59 Å². The Morgan fingerprint density at radius 1 is 0.909 bits per heavy atom. The molecule has 0 aliphatic heterocycles. The van der Waals surface area contributed by atoms with E-state index < -0.39 is 11.9 Å². The quantitative estimate of drug-likeness (QED) is 0.115. The van der Waals surface area contributed by atoms with Crippen LogP contribution < -0.4 is 0 Å². The number of carboxylic acid groups (broad SMARTS) is 2. The van der Waals surface area contributed by atoms with Gasteiger partial charge in [-0.05, 0) is 63.5 Å². The van der Waals surface area contributed by atoms with E-state index in [4.69, 9.17) is 14.9 Å². The summed E-state index contributed by atoms with van der Waals surface area (Å²) in [6.07, 6.45) is 24.5. The highest BCUT2D eigenvalue weighted by Crippen LogP contribution is 2.12. The van der Waals surface area contributed by atoms with Crippen LogP contribution in [0.25, 0.3) is 0 Å². The maximum absolute atomic E-state index is 10.8. The minimum atomic E-state index is -1.14. The van der Waals surface area contributed by atoms with Gasteiger partial charge < -0.3 is 14.9 Å². The molecule has 0 saturated carbocycles. The topological polar surface area (TPSA) is 83.8 Å². The molecule has 0 rings (SSSR count). The number of hydrogen-bond donors (Lipinski definition) is 2. The van der Waals surface area contributed by atoms with Crippen LogP contribution in [0.5, 0.6) is 0 Å². The Bertz CT molecular complexity index is 802. The van der Waals surface area contributed by atoms with Gasteiger partial charge in [-0.2, -0.15) is 0 Å². The summed E-state index contributed by atoms with van der Waals surface area (Å²) in [4.78, 5) is 21.6. The number of unbranched alkanes of at least 4 members (excludes halogenated alkanes) is 1. The number of hydrogen-bond acceptors (Lipinski definition) is 3. The SMILES string of the molecule is COC(CC=CC=CCCC=CCC(C)C=CC(=CC(=O)O)CC(=O)O)C(C)=CC=C(C)C. The number of allylic oxidation sites excluding steroid dienone is 10. The zero-order valence-corrected chi connectivity index (χ0v) is 20.7. The first kappa shape index (κ1) is 30.1. The standard InChI is InChI=1S/C28H40O5/c1-22(2)16-18-24(4)26(33-5)15-13-11-9-7-6-8-10-12-14-23(3)17-19-25(20-27(29)30)21-28(31)32/h7,9-13,16-20,23,26H,6,8,14-15,21H2,1-5H3,(H,29,30)(H,31,32). The third-order valence-corrected chi connectivity index (χ3v) is 4.68. The van der Waals surface area contributed by atoms with Gasteiger partial charge in [-0.1, -0.05) is 73.3 Å². The number of carbonyl (C=O) groups is 2. The third-order valence-electron chi connectivity index (χ3n) is 4.68. The lowest BCUT2D eigenvalue weighted by Gasteiger charge is -2.13. The lowest BCUT2D eigenvalue weighted by molar-refractivity contribution is -0.136. The minimum absolute atomic E-state index is 0.0871. The fourth-order valence-electron chi connectivity index (χ4n) is 2.81. The molecule has 0 bridgehead atoms. The molecule has 33 heavy (non-hydrogen) atoms. The molecule has 0 radical (unpaired) electrons. The largest absolute Gasteiger partial charge is 0.481 e. The average Bonchev–Trinajstić information content (AvgIpc) is 2.73. The number of rotatable bonds is 16. The summed E-state index contributed by atoms with van der Waals surface area (Å²) in [5, 5.41) is 17.7. The van der Waals surface area contributed by atoms with E-state index in [2.05, 4.69) is 69.4 Å². The number of carboxylic acids is 2. The molecule has 5 nitrogen and oxygen atoms in total. The Balaban J connectivity index is 4.32. The second kappa shape index (κ2) is 18.6. The highest BCUT2D eigenvalue weighted by molar-refractivity contribution is 5.83. The molecule has 0 spiro atoms.